The van der Waals surface area contributed by atoms with Gasteiger partial charge >= 0.3 is 0 Å². The van der Waals surface area contributed by atoms with Crippen LogP contribution in [0.1, 0.15) is 16.1 Å². The van der Waals surface area contributed by atoms with Crippen LogP contribution in [0.25, 0.3) is 32.9 Å². The van der Waals surface area contributed by atoms with Crippen LogP contribution in [-0.2, 0) is 11.8 Å². The maximum Gasteiger partial charge on any atom is 0.298 e. The molecule has 0 aliphatic carbocycles. The number of carbonyl (C=O) groups excluding carboxylic acids is 2. The van der Waals surface area contributed by atoms with Crippen molar-refractivity contribution in [3.05, 3.63) is 65.2 Å². The normalized spacial score (nSPS) is 12.3. The molecule has 0 bridgehead atoms. The van der Waals surface area contributed by atoms with Crippen LogP contribution in [0.5, 0.6) is 11.5 Å². The first-order chi connectivity index (χ1) is 17.0. The van der Waals surface area contributed by atoms with E-state index in [1.807, 2.05) is 47.8 Å². The summed E-state index contributed by atoms with van der Waals surface area (Å²) < 4.78 is 12.3. The Balaban J connectivity index is 1.23. The number of ether oxygens (including phenoxy) is 2. The molecule has 4 heterocycles. The van der Waals surface area contributed by atoms with Gasteiger partial charge in [0.1, 0.15) is 16.5 Å². The molecule has 0 fully saturated rings. The van der Waals surface area contributed by atoms with Crippen LogP contribution < -0.4 is 14.8 Å². The molecule has 3 aromatic heterocycles. The Kier molecular flexibility index (Phi) is 4.89. The molecule has 0 unspecified atom stereocenters. The van der Waals surface area contributed by atoms with Gasteiger partial charge in [-0.05, 0) is 31.2 Å². The lowest BCUT2D eigenvalue weighted by Crippen LogP contribution is -2.24. The molecule has 0 saturated carbocycles. The van der Waals surface area contributed by atoms with Crippen molar-refractivity contribution in [2.45, 2.75) is 6.92 Å². The zero-order valence-corrected chi connectivity index (χ0v) is 19.6. The number of amides is 1. The summed E-state index contributed by atoms with van der Waals surface area (Å²) in [4.78, 5) is 33.7. The van der Waals surface area contributed by atoms with Crippen LogP contribution in [-0.4, -0.2) is 38.2 Å². The molecule has 35 heavy (non-hydrogen) atoms. The molecule has 1 aliphatic rings. The van der Waals surface area contributed by atoms with Crippen LogP contribution in [0.2, 0.25) is 0 Å². The number of aryl methyl sites for hydroxylation is 2. The van der Waals surface area contributed by atoms with Gasteiger partial charge in [-0.25, -0.2) is 4.98 Å². The summed E-state index contributed by atoms with van der Waals surface area (Å²) in [7, 11) is 1.70. The molecule has 5 aromatic rings. The van der Waals surface area contributed by atoms with Crippen molar-refractivity contribution in [2.24, 2.45) is 7.05 Å². The Labute approximate surface area is 203 Å². The highest BCUT2D eigenvalue weighted by Gasteiger charge is 2.24. The van der Waals surface area contributed by atoms with Crippen LogP contribution in [0.15, 0.2) is 53.9 Å². The number of nitrogens with one attached hydrogen (secondary N) is 2. The Morgan fingerprint density at radius 3 is 2.80 bits per heavy atom. The summed E-state index contributed by atoms with van der Waals surface area (Å²) in [5.74, 6) is 0.465. The van der Waals surface area contributed by atoms with E-state index in [0.29, 0.717) is 39.3 Å². The molecule has 0 atom stereocenters. The van der Waals surface area contributed by atoms with E-state index in [2.05, 4.69) is 15.4 Å². The lowest BCUT2D eigenvalue weighted by atomic mass is 10.1. The van der Waals surface area contributed by atoms with E-state index in [1.165, 1.54) is 16.0 Å². The number of benzene rings is 2. The number of rotatable bonds is 5. The van der Waals surface area contributed by atoms with E-state index in [1.54, 1.807) is 20.0 Å². The highest BCUT2D eigenvalue weighted by molar-refractivity contribution is 7.13. The third-order valence-electron chi connectivity index (χ3n) is 5.84. The second-order valence-electron chi connectivity index (χ2n) is 8.10. The second kappa shape index (κ2) is 8.10. The first-order valence-electron chi connectivity index (χ1n) is 10.8. The van der Waals surface area contributed by atoms with E-state index in [4.69, 9.17) is 14.5 Å². The van der Waals surface area contributed by atoms with E-state index in [9.17, 15) is 9.59 Å². The first-order valence-corrected chi connectivity index (χ1v) is 11.7. The number of hydrogen-bond donors (Lipinski definition) is 2. The van der Waals surface area contributed by atoms with Gasteiger partial charge in [-0.3, -0.25) is 14.3 Å². The molecule has 174 valence electrons. The van der Waals surface area contributed by atoms with Gasteiger partial charge in [-0.1, -0.05) is 18.2 Å². The lowest BCUT2D eigenvalue weighted by Gasteiger charge is -2.04. The number of para-hydroxylation sites is 1. The number of hydrogen-bond acceptors (Lipinski definition) is 7. The number of carbonyl (C=O) groups is 2. The molecule has 1 amide bonds. The van der Waals surface area contributed by atoms with Gasteiger partial charge in [-0.15, -0.1) is 11.3 Å². The quantitative estimate of drug-likeness (QED) is 0.279. The zero-order chi connectivity index (χ0) is 24.1. The number of Topliss-reactive ketones (excluding diaryl/α,β-unsaturated/α-hetero) is 1. The van der Waals surface area contributed by atoms with Gasteiger partial charge in [0.15, 0.2) is 11.5 Å². The minimum atomic E-state index is -0.729. The molecule has 1 aliphatic heterocycles. The molecule has 6 rings (SSSR count). The molecule has 2 N–H and O–H groups in total. The molecule has 10 heteroatoms. The second-order valence-corrected chi connectivity index (χ2v) is 8.96. The molecular weight excluding hydrogens is 466 g/mol. The van der Waals surface area contributed by atoms with Gasteiger partial charge in [0.05, 0.1) is 11.3 Å². The summed E-state index contributed by atoms with van der Waals surface area (Å²) in [5, 5.41) is 10.5. The highest BCUT2D eigenvalue weighted by atomic mass is 32.1. The molecule has 0 saturated heterocycles. The van der Waals surface area contributed by atoms with Gasteiger partial charge in [0, 0.05) is 40.7 Å². The Morgan fingerprint density at radius 2 is 1.91 bits per heavy atom. The number of fused-ring (bicyclic) bond motifs is 2. The fourth-order valence-electron chi connectivity index (χ4n) is 4.12. The number of nitrogens with zero attached hydrogens (tertiary/aromatic N) is 3. The molecular formula is C25H19N5O4S. The van der Waals surface area contributed by atoms with Crippen LogP contribution >= 0.6 is 11.3 Å². The third-order valence-corrected chi connectivity index (χ3v) is 6.70. The van der Waals surface area contributed by atoms with Crippen molar-refractivity contribution in [3.63, 3.8) is 0 Å². The van der Waals surface area contributed by atoms with Gasteiger partial charge in [0.25, 0.3) is 11.7 Å². The lowest BCUT2D eigenvalue weighted by molar-refractivity contribution is -0.112. The Morgan fingerprint density at radius 1 is 1.09 bits per heavy atom. The largest absolute Gasteiger partial charge is 0.454 e. The minimum Gasteiger partial charge on any atom is -0.454 e. The maximum atomic E-state index is 13.0. The van der Waals surface area contributed by atoms with E-state index in [-0.39, 0.29) is 6.79 Å². The number of ketones is 1. The number of anilines is 1. The van der Waals surface area contributed by atoms with E-state index in [0.717, 1.165) is 22.2 Å². The fourth-order valence-corrected chi connectivity index (χ4v) is 4.91. The topological polar surface area (TPSA) is 111 Å². The van der Waals surface area contributed by atoms with Crippen molar-refractivity contribution < 1.29 is 19.1 Å². The van der Waals surface area contributed by atoms with Crippen LogP contribution in [0.4, 0.5) is 5.82 Å². The Hall–Kier alpha value is -4.44. The number of H-pyrrole nitrogens is 1. The number of thiazole rings is 1. The smallest absolute Gasteiger partial charge is 0.298 e. The molecule has 9 nitrogen and oxygen atoms in total. The number of aromatic nitrogens is 4. The van der Waals surface area contributed by atoms with Crippen LogP contribution in [0.3, 0.4) is 0 Å². The van der Waals surface area contributed by atoms with Gasteiger partial charge in [-0.2, -0.15) is 5.10 Å². The van der Waals surface area contributed by atoms with Crippen molar-refractivity contribution in [1.82, 2.24) is 19.7 Å². The minimum absolute atomic E-state index is 0.214. The standard InChI is InChI=1S/C25H19N5O4S/c1-13-22(15-5-3-4-6-16(15)26-13)23(31)24(32)28-21-10-17(29-30(21)2)25-27-18(11-35-25)14-7-8-19-20(9-14)34-12-33-19/h3-11,26H,12H2,1-2H3,(H,28,32). The highest BCUT2D eigenvalue weighted by Crippen LogP contribution is 2.37. The van der Waals surface area contributed by atoms with Crippen molar-refractivity contribution in [1.29, 1.82) is 0 Å². The predicted octanol–water partition coefficient (Wildman–Crippen LogP) is 4.55. The third kappa shape index (κ3) is 3.64. The van der Waals surface area contributed by atoms with Gasteiger partial charge in [0.2, 0.25) is 6.79 Å². The zero-order valence-electron chi connectivity index (χ0n) is 18.8. The van der Waals surface area contributed by atoms with E-state index >= 15 is 0 Å². The SMILES string of the molecule is Cc1[nH]c2ccccc2c1C(=O)C(=O)Nc1cc(-c2nc(-c3ccc4c(c3)OCO4)cs2)nn1C. The average molecular weight is 486 g/mol. The van der Waals surface area contributed by atoms with Crippen molar-refractivity contribution in [3.8, 4) is 33.5 Å². The summed E-state index contributed by atoms with van der Waals surface area (Å²) in [5.41, 5.74) is 4.11. The maximum absolute atomic E-state index is 13.0. The molecule has 2 aromatic carbocycles. The number of aromatic amines is 1. The Bertz CT molecular complexity index is 1630. The van der Waals surface area contributed by atoms with E-state index < -0.39 is 11.7 Å². The summed E-state index contributed by atoms with van der Waals surface area (Å²) in [6.45, 7) is 1.99. The van der Waals surface area contributed by atoms with Crippen molar-refractivity contribution >= 4 is 39.7 Å². The first kappa shape index (κ1) is 21.1. The predicted molar refractivity (Wildman–Crippen MR) is 132 cm³/mol. The summed E-state index contributed by atoms with van der Waals surface area (Å²) in [6.07, 6.45) is 0. The average Bonchev–Trinajstić information content (AvgIpc) is 3.63. The summed E-state index contributed by atoms with van der Waals surface area (Å²) >= 11 is 1.44. The molecule has 0 spiro atoms. The van der Waals surface area contributed by atoms with Crippen molar-refractivity contribution in [2.75, 3.05) is 12.1 Å². The van der Waals surface area contributed by atoms with Crippen LogP contribution in [0, 0.1) is 6.92 Å². The molecule has 0 radical (unpaired) electrons. The van der Waals surface area contributed by atoms with Gasteiger partial charge < -0.3 is 19.8 Å². The monoisotopic (exact) mass is 485 g/mol. The fraction of sp³-hybridized carbons (Fsp3) is 0.120. The summed E-state index contributed by atoms with van der Waals surface area (Å²) in [6, 6.07) is 14.8.